The summed E-state index contributed by atoms with van der Waals surface area (Å²) in [6, 6.07) is 7.26. The van der Waals surface area contributed by atoms with Crippen molar-refractivity contribution in [3.8, 4) is 0 Å². The van der Waals surface area contributed by atoms with Crippen molar-refractivity contribution in [2.24, 2.45) is 4.99 Å². The van der Waals surface area contributed by atoms with Crippen LogP contribution in [0.2, 0.25) is 5.02 Å². The monoisotopic (exact) mass is 256 g/mol. The van der Waals surface area contributed by atoms with E-state index < -0.39 is 5.72 Å². The molecule has 3 nitrogen and oxygen atoms in total. The van der Waals surface area contributed by atoms with Gasteiger partial charge in [-0.25, -0.2) is 0 Å². The van der Waals surface area contributed by atoms with Gasteiger partial charge in [0.15, 0.2) is 10.9 Å². The number of thioether (sulfide) groups is 1. The largest absolute Gasteiger partial charge is 0.366 e. The Morgan fingerprint density at radius 2 is 2.06 bits per heavy atom. The Balaban J connectivity index is 2.36. The van der Waals surface area contributed by atoms with Gasteiger partial charge in [0.25, 0.3) is 0 Å². The third-order valence-corrected chi connectivity index (χ3v) is 4.26. The molecule has 1 saturated heterocycles. The summed E-state index contributed by atoms with van der Waals surface area (Å²) in [7, 11) is 3.57. The average molecular weight is 257 g/mol. The maximum Gasteiger partial charge on any atom is 0.175 e. The molecule has 86 valence electrons. The summed E-state index contributed by atoms with van der Waals surface area (Å²) in [5.74, 6) is 0.581. The maximum absolute atomic E-state index is 10.6. The van der Waals surface area contributed by atoms with Crippen LogP contribution >= 0.6 is 23.4 Å². The Bertz CT molecular complexity index is 420. The van der Waals surface area contributed by atoms with Crippen molar-refractivity contribution in [2.75, 3.05) is 19.8 Å². The molecule has 1 aliphatic rings. The van der Waals surface area contributed by atoms with Gasteiger partial charge in [-0.15, -0.1) is 0 Å². The predicted molar refractivity (Wildman–Crippen MR) is 68.9 cm³/mol. The highest BCUT2D eigenvalue weighted by molar-refractivity contribution is 8.14. The SMILES string of the molecule is CN=C1SCC(O)(c2ccc(Cl)cc2)N1C. The standard InChI is InChI=1S/C11H13ClN2OS/c1-13-10-14(2)11(15,7-16-10)8-3-5-9(12)6-4-8/h3-6,15H,7H2,1-2H3. The molecule has 16 heavy (non-hydrogen) atoms. The second-order valence-corrected chi connectivity index (χ2v) is 5.06. The topological polar surface area (TPSA) is 35.8 Å². The van der Waals surface area contributed by atoms with E-state index in [1.54, 1.807) is 35.8 Å². The summed E-state index contributed by atoms with van der Waals surface area (Å²) in [5.41, 5.74) is -0.144. The quantitative estimate of drug-likeness (QED) is 0.836. The molecule has 0 bridgehead atoms. The third kappa shape index (κ3) is 1.81. The summed E-state index contributed by atoms with van der Waals surface area (Å²) in [5, 5.41) is 12.1. The number of rotatable bonds is 1. The van der Waals surface area contributed by atoms with Gasteiger partial charge in [-0.3, -0.25) is 4.99 Å². The van der Waals surface area contributed by atoms with Crippen LogP contribution < -0.4 is 0 Å². The maximum atomic E-state index is 10.6. The summed E-state index contributed by atoms with van der Waals surface area (Å²) in [6.07, 6.45) is 0. The molecule has 1 heterocycles. The highest BCUT2D eigenvalue weighted by atomic mass is 35.5. The van der Waals surface area contributed by atoms with Crippen LogP contribution in [0.4, 0.5) is 0 Å². The lowest BCUT2D eigenvalue weighted by Crippen LogP contribution is -2.42. The average Bonchev–Trinajstić information content (AvgIpc) is 2.58. The molecule has 1 atom stereocenters. The summed E-state index contributed by atoms with van der Waals surface area (Å²) >= 11 is 7.38. The van der Waals surface area contributed by atoms with Crippen molar-refractivity contribution in [3.63, 3.8) is 0 Å². The molecule has 0 saturated carbocycles. The minimum atomic E-state index is -0.982. The van der Waals surface area contributed by atoms with E-state index in [0.29, 0.717) is 10.8 Å². The van der Waals surface area contributed by atoms with E-state index in [4.69, 9.17) is 11.6 Å². The number of hydrogen-bond donors (Lipinski definition) is 1. The molecule has 1 unspecified atom stereocenters. The second kappa shape index (κ2) is 4.28. The lowest BCUT2D eigenvalue weighted by Gasteiger charge is -2.31. The number of benzene rings is 1. The van der Waals surface area contributed by atoms with E-state index in [2.05, 4.69) is 4.99 Å². The van der Waals surface area contributed by atoms with Gasteiger partial charge in [-0.05, 0) is 12.1 Å². The fourth-order valence-corrected chi connectivity index (χ4v) is 3.02. The van der Waals surface area contributed by atoms with E-state index in [1.165, 1.54) is 0 Å². The minimum absolute atomic E-state index is 0.581. The van der Waals surface area contributed by atoms with Crippen LogP contribution in [0.5, 0.6) is 0 Å². The second-order valence-electron chi connectivity index (χ2n) is 3.68. The van der Waals surface area contributed by atoms with Crippen molar-refractivity contribution in [1.29, 1.82) is 0 Å². The molecule has 0 radical (unpaired) electrons. The van der Waals surface area contributed by atoms with Gasteiger partial charge in [0.2, 0.25) is 0 Å². The molecule has 1 aromatic carbocycles. The number of aliphatic imine (C=N–C) groups is 1. The van der Waals surface area contributed by atoms with Gasteiger partial charge in [0.1, 0.15) is 0 Å². The van der Waals surface area contributed by atoms with E-state index in [9.17, 15) is 5.11 Å². The van der Waals surface area contributed by atoms with Crippen molar-refractivity contribution in [3.05, 3.63) is 34.9 Å². The Hall–Kier alpha value is -0.710. The van der Waals surface area contributed by atoms with E-state index >= 15 is 0 Å². The molecule has 1 aromatic rings. The molecular formula is C11H13ClN2OS. The molecule has 0 spiro atoms. The van der Waals surface area contributed by atoms with Crippen molar-refractivity contribution in [2.45, 2.75) is 5.72 Å². The molecule has 0 aromatic heterocycles. The molecule has 5 heteroatoms. The lowest BCUT2D eigenvalue weighted by molar-refractivity contribution is -0.0347. The van der Waals surface area contributed by atoms with Gasteiger partial charge < -0.3 is 10.0 Å². The van der Waals surface area contributed by atoms with Crippen LogP contribution in [0.25, 0.3) is 0 Å². The zero-order valence-corrected chi connectivity index (χ0v) is 10.7. The number of nitrogens with zero attached hydrogens (tertiary/aromatic N) is 2. The molecule has 0 amide bonds. The van der Waals surface area contributed by atoms with E-state index in [-0.39, 0.29) is 0 Å². The molecule has 1 fully saturated rings. The zero-order chi connectivity index (χ0) is 11.8. The predicted octanol–water partition coefficient (Wildman–Crippen LogP) is 2.15. The lowest BCUT2D eigenvalue weighted by atomic mass is 10.0. The Labute approximate surface area is 104 Å². The minimum Gasteiger partial charge on any atom is -0.366 e. The molecular weight excluding hydrogens is 244 g/mol. The van der Waals surface area contributed by atoms with E-state index in [0.717, 1.165) is 10.7 Å². The zero-order valence-electron chi connectivity index (χ0n) is 9.14. The fraction of sp³-hybridized carbons (Fsp3) is 0.364. The van der Waals surface area contributed by atoms with Crippen LogP contribution in [0.15, 0.2) is 29.3 Å². The van der Waals surface area contributed by atoms with Crippen LogP contribution in [0, 0.1) is 0 Å². The first-order chi connectivity index (χ1) is 7.58. The normalized spacial score (nSPS) is 27.8. The van der Waals surface area contributed by atoms with Crippen molar-refractivity contribution in [1.82, 2.24) is 4.90 Å². The number of halogens is 1. The summed E-state index contributed by atoms with van der Waals surface area (Å²) in [4.78, 5) is 5.92. The van der Waals surface area contributed by atoms with Gasteiger partial charge in [0.05, 0.1) is 5.75 Å². The highest BCUT2D eigenvalue weighted by Gasteiger charge is 2.42. The third-order valence-electron chi connectivity index (χ3n) is 2.74. The van der Waals surface area contributed by atoms with Gasteiger partial charge in [-0.2, -0.15) is 0 Å². The van der Waals surface area contributed by atoms with Crippen LogP contribution in [0.1, 0.15) is 5.56 Å². The highest BCUT2D eigenvalue weighted by Crippen LogP contribution is 2.37. The first-order valence-corrected chi connectivity index (χ1v) is 6.26. The number of amidine groups is 1. The summed E-state index contributed by atoms with van der Waals surface area (Å²) in [6.45, 7) is 0. The number of hydrogen-bond acceptors (Lipinski definition) is 3. The smallest absolute Gasteiger partial charge is 0.175 e. The van der Waals surface area contributed by atoms with Gasteiger partial charge >= 0.3 is 0 Å². The molecule has 2 rings (SSSR count). The van der Waals surface area contributed by atoms with Crippen molar-refractivity contribution < 1.29 is 5.11 Å². The molecule has 1 aliphatic heterocycles. The molecule has 0 aliphatic carbocycles. The first-order valence-electron chi connectivity index (χ1n) is 4.90. The molecule has 1 N–H and O–H groups in total. The van der Waals surface area contributed by atoms with Gasteiger partial charge in [-0.1, -0.05) is 35.5 Å². The Morgan fingerprint density at radius 3 is 2.56 bits per heavy atom. The fourth-order valence-electron chi connectivity index (χ4n) is 1.73. The first kappa shape index (κ1) is 11.8. The Morgan fingerprint density at radius 1 is 1.44 bits per heavy atom. The summed E-state index contributed by atoms with van der Waals surface area (Å²) < 4.78 is 0. The Kier molecular flexibility index (Phi) is 3.15. The van der Waals surface area contributed by atoms with Crippen LogP contribution in [0.3, 0.4) is 0 Å². The van der Waals surface area contributed by atoms with E-state index in [1.807, 2.05) is 19.2 Å². The van der Waals surface area contributed by atoms with Crippen LogP contribution in [-0.4, -0.2) is 35.0 Å². The van der Waals surface area contributed by atoms with Crippen molar-refractivity contribution >= 4 is 28.5 Å². The number of aliphatic hydroxyl groups is 1. The van der Waals surface area contributed by atoms with Crippen LogP contribution in [-0.2, 0) is 5.72 Å². The van der Waals surface area contributed by atoms with Gasteiger partial charge in [0, 0.05) is 24.7 Å².